The molecule has 0 atom stereocenters. The largest absolute Gasteiger partial charge is 0.381 e. The smallest absolute Gasteiger partial charge is 0.273 e. The predicted octanol–water partition coefficient (Wildman–Crippen LogP) is 4.00. The molecular formula is C19H19ClN4O2. The zero-order valence-electron chi connectivity index (χ0n) is 14.4. The normalized spacial score (nSPS) is 15.3. The van der Waals surface area contributed by atoms with Crippen molar-refractivity contribution in [2.45, 2.75) is 25.8 Å². The fraction of sp³-hybridized carbons (Fsp3) is 0.316. The number of pyridine rings is 1. The Hall–Kier alpha value is -2.44. The molecule has 6 nitrogen and oxygen atoms in total. The Balaban J connectivity index is 1.67. The standard InChI is InChI=1S/C19H19ClN4O2/c1-12-11-17(24(23-12)13-6-9-26-10-7-13)19(25)22-16-5-4-15(20)18-14(16)3-2-8-21-18/h2-5,8,11,13H,6-7,9-10H2,1H3,(H,22,25). The number of anilines is 1. The second kappa shape index (κ2) is 7.05. The summed E-state index contributed by atoms with van der Waals surface area (Å²) < 4.78 is 7.26. The van der Waals surface area contributed by atoms with Gasteiger partial charge in [0.15, 0.2) is 0 Å². The van der Waals surface area contributed by atoms with Crippen molar-refractivity contribution in [1.82, 2.24) is 14.8 Å². The highest BCUT2D eigenvalue weighted by Gasteiger charge is 2.23. The van der Waals surface area contributed by atoms with Crippen LogP contribution in [0.1, 0.15) is 35.1 Å². The number of hydrogen-bond acceptors (Lipinski definition) is 4. The molecule has 3 aromatic rings. The maximum Gasteiger partial charge on any atom is 0.273 e. The molecule has 1 aliphatic rings. The molecule has 1 amide bonds. The van der Waals surface area contributed by atoms with Gasteiger partial charge in [-0.15, -0.1) is 0 Å². The average molecular weight is 371 g/mol. The molecule has 26 heavy (non-hydrogen) atoms. The van der Waals surface area contributed by atoms with Gasteiger partial charge in [0.2, 0.25) is 0 Å². The third-order valence-electron chi connectivity index (χ3n) is 4.60. The van der Waals surface area contributed by atoms with Crippen molar-refractivity contribution in [3.05, 3.63) is 52.9 Å². The summed E-state index contributed by atoms with van der Waals surface area (Å²) >= 11 is 6.21. The van der Waals surface area contributed by atoms with E-state index in [1.165, 1.54) is 0 Å². The molecule has 1 saturated heterocycles. The van der Waals surface area contributed by atoms with E-state index >= 15 is 0 Å². The number of benzene rings is 1. The molecule has 134 valence electrons. The van der Waals surface area contributed by atoms with Gasteiger partial charge in [-0.3, -0.25) is 14.5 Å². The Kier molecular flexibility index (Phi) is 4.61. The zero-order chi connectivity index (χ0) is 18.1. The molecule has 3 heterocycles. The lowest BCUT2D eigenvalue weighted by molar-refractivity contribution is 0.0646. The number of rotatable bonds is 3. The van der Waals surface area contributed by atoms with E-state index in [4.69, 9.17) is 16.3 Å². The van der Waals surface area contributed by atoms with Crippen LogP contribution in [0.15, 0.2) is 36.5 Å². The first kappa shape index (κ1) is 17.0. The summed E-state index contributed by atoms with van der Waals surface area (Å²) in [4.78, 5) is 17.3. The number of aryl methyl sites for hydroxylation is 1. The van der Waals surface area contributed by atoms with Crippen LogP contribution >= 0.6 is 11.6 Å². The van der Waals surface area contributed by atoms with Crippen LogP contribution in [0.25, 0.3) is 10.9 Å². The van der Waals surface area contributed by atoms with E-state index in [0.29, 0.717) is 35.1 Å². The predicted molar refractivity (Wildman–Crippen MR) is 101 cm³/mol. The number of nitrogens with zero attached hydrogens (tertiary/aromatic N) is 3. The Bertz CT molecular complexity index is 963. The van der Waals surface area contributed by atoms with E-state index in [-0.39, 0.29) is 11.9 Å². The minimum atomic E-state index is -0.190. The summed E-state index contributed by atoms with van der Waals surface area (Å²) in [6, 6.07) is 9.26. The number of amides is 1. The van der Waals surface area contributed by atoms with Crippen LogP contribution in [-0.2, 0) is 4.74 Å². The van der Waals surface area contributed by atoms with Crippen LogP contribution in [-0.4, -0.2) is 33.9 Å². The number of aromatic nitrogens is 3. The number of carbonyl (C=O) groups is 1. The molecule has 0 spiro atoms. The van der Waals surface area contributed by atoms with Crippen LogP contribution in [0.3, 0.4) is 0 Å². The maximum absolute atomic E-state index is 13.0. The van der Waals surface area contributed by atoms with E-state index in [1.54, 1.807) is 18.3 Å². The van der Waals surface area contributed by atoms with Crippen LogP contribution in [0.5, 0.6) is 0 Å². The second-order valence-electron chi connectivity index (χ2n) is 6.41. The Morgan fingerprint density at radius 3 is 2.92 bits per heavy atom. The molecule has 1 fully saturated rings. The van der Waals surface area contributed by atoms with Crippen molar-refractivity contribution < 1.29 is 9.53 Å². The first-order chi connectivity index (χ1) is 12.6. The summed E-state index contributed by atoms with van der Waals surface area (Å²) in [5.41, 5.74) is 2.73. The van der Waals surface area contributed by atoms with Gasteiger partial charge in [-0.05, 0) is 50.1 Å². The SMILES string of the molecule is Cc1cc(C(=O)Nc2ccc(Cl)c3ncccc23)n(C2CCOCC2)n1. The van der Waals surface area contributed by atoms with E-state index in [2.05, 4.69) is 15.4 Å². The number of hydrogen-bond donors (Lipinski definition) is 1. The van der Waals surface area contributed by atoms with E-state index in [0.717, 1.165) is 23.9 Å². The fourth-order valence-corrected chi connectivity index (χ4v) is 3.54. The number of halogens is 1. The molecule has 0 aliphatic carbocycles. The van der Waals surface area contributed by atoms with Crippen molar-refractivity contribution in [2.75, 3.05) is 18.5 Å². The van der Waals surface area contributed by atoms with Crippen molar-refractivity contribution in [1.29, 1.82) is 0 Å². The van der Waals surface area contributed by atoms with Gasteiger partial charge in [0.05, 0.1) is 28.0 Å². The zero-order valence-corrected chi connectivity index (χ0v) is 15.2. The highest BCUT2D eigenvalue weighted by Crippen LogP contribution is 2.29. The molecule has 0 unspecified atom stereocenters. The number of nitrogens with one attached hydrogen (secondary N) is 1. The van der Waals surface area contributed by atoms with Gasteiger partial charge in [0.1, 0.15) is 5.69 Å². The summed E-state index contributed by atoms with van der Waals surface area (Å²) in [6.45, 7) is 3.28. The minimum absolute atomic E-state index is 0.182. The molecule has 1 aliphatic heterocycles. The first-order valence-electron chi connectivity index (χ1n) is 8.62. The topological polar surface area (TPSA) is 69.0 Å². The van der Waals surface area contributed by atoms with Gasteiger partial charge in [-0.25, -0.2) is 0 Å². The van der Waals surface area contributed by atoms with Crippen molar-refractivity contribution in [3.63, 3.8) is 0 Å². The molecule has 1 N–H and O–H groups in total. The first-order valence-corrected chi connectivity index (χ1v) is 9.00. The number of ether oxygens (including phenoxy) is 1. The summed E-state index contributed by atoms with van der Waals surface area (Å²) in [5.74, 6) is -0.190. The van der Waals surface area contributed by atoms with E-state index in [9.17, 15) is 4.79 Å². The number of carbonyl (C=O) groups excluding carboxylic acids is 1. The van der Waals surface area contributed by atoms with E-state index in [1.807, 2.05) is 29.8 Å². The Morgan fingerprint density at radius 1 is 1.31 bits per heavy atom. The Morgan fingerprint density at radius 2 is 2.12 bits per heavy atom. The lowest BCUT2D eigenvalue weighted by Crippen LogP contribution is -2.25. The molecule has 7 heteroatoms. The van der Waals surface area contributed by atoms with Gasteiger partial charge in [-0.2, -0.15) is 5.10 Å². The number of fused-ring (bicyclic) bond motifs is 1. The molecule has 0 saturated carbocycles. The average Bonchev–Trinajstić information content (AvgIpc) is 3.07. The van der Waals surface area contributed by atoms with Gasteiger partial charge in [0, 0.05) is 24.8 Å². The fourth-order valence-electron chi connectivity index (χ4n) is 3.33. The lowest BCUT2D eigenvalue weighted by atomic mass is 10.1. The van der Waals surface area contributed by atoms with Crippen LogP contribution in [0.2, 0.25) is 5.02 Å². The minimum Gasteiger partial charge on any atom is -0.381 e. The van der Waals surface area contributed by atoms with E-state index < -0.39 is 0 Å². The maximum atomic E-state index is 13.0. The van der Waals surface area contributed by atoms with Crippen LogP contribution < -0.4 is 5.32 Å². The lowest BCUT2D eigenvalue weighted by Gasteiger charge is -2.24. The van der Waals surface area contributed by atoms with Crippen LogP contribution in [0, 0.1) is 6.92 Å². The summed E-state index contributed by atoms with van der Waals surface area (Å²) in [5, 5.41) is 8.90. The second-order valence-corrected chi connectivity index (χ2v) is 6.81. The quantitative estimate of drug-likeness (QED) is 0.756. The monoisotopic (exact) mass is 370 g/mol. The highest BCUT2D eigenvalue weighted by atomic mass is 35.5. The summed E-state index contributed by atoms with van der Waals surface area (Å²) in [7, 11) is 0. The molecule has 0 bridgehead atoms. The summed E-state index contributed by atoms with van der Waals surface area (Å²) in [6.07, 6.45) is 3.40. The van der Waals surface area contributed by atoms with Crippen molar-refractivity contribution in [2.24, 2.45) is 0 Å². The molecule has 4 rings (SSSR count). The van der Waals surface area contributed by atoms with Gasteiger partial charge >= 0.3 is 0 Å². The van der Waals surface area contributed by atoms with Crippen molar-refractivity contribution in [3.8, 4) is 0 Å². The molecule has 0 radical (unpaired) electrons. The molecular weight excluding hydrogens is 352 g/mol. The van der Waals surface area contributed by atoms with Gasteiger partial charge in [-0.1, -0.05) is 11.6 Å². The van der Waals surface area contributed by atoms with Crippen LogP contribution in [0.4, 0.5) is 5.69 Å². The third kappa shape index (κ3) is 3.18. The Labute approximate surface area is 156 Å². The third-order valence-corrected chi connectivity index (χ3v) is 4.90. The highest BCUT2D eigenvalue weighted by molar-refractivity contribution is 6.35. The van der Waals surface area contributed by atoms with Crippen molar-refractivity contribution >= 4 is 34.1 Å². The molecule has 2 aromatic heterocycles. The molecule has 1 aromatic carbocycles. The van der Waals surface area contributed by atoms with Gasteiger partial charge < -0.3 is 10.1 Å². The van der Waals surface area contributed by atoms with Gasteiger partial charge in [0.25, 0.3) is 5.91 Å².